The summed E-state index contributed by atoms with van der Waals surface area (Å²) in [5.74, 6) is 0.407. The van der Waals surface area contributed by atoms with Crippen molar-refractivity contribution in [1.82, 2.24) is 9.47 Å². The molecule has 1 fully saturated rings. The van der Waals surface area contributed by atoms with E-state index >= 15 is 0 Å². The second-order valence-electron chi connectivity index (χ2n) is 8.47. The summed E-state index contributed by atoms with van der Waals surface area (Å²) in [6.45, 7) is 2.82. The highest BCUT2D eigenvalue weighted by atomic mass is 32.2. The molecule has 0 unspecified atom stereocenters. The zero-order valence-corrected chi connectivity index (χ0v) is 21.8. The van der Waals surface area contributed by atoms with Gasteiger partial charge in [0.25, 0.3) is 11.5 Å². The Labute approximate surface area is 220 Å². The normalized spacial score (nSPS) is 14.4. The summed E-state index contributed by atoms with van der Waals surface area (Å²) >= 11 is 6.76. The van der Waals surface area contributed by atoms with Gasteiger partial charge in [-0.05, 0) is 42.5 Å². The highest BCUT2D eigenvalue weighted by molar-refractivity contribution is 8.26. The average molecular weight is 515 g/mol. The lowest BCUT2D eigenvalue weighted by Crippen LogP contribution is -2.30. The van der Waals surface area contributed by atoms with Gasteiger partial charge in [-0.25, -0.2) is 0 Å². The van der Waals surface area contributed by atoms with Crippen LogP contribution in [-0.4, -0.2) is 32.8 Å². The van der Waals surface area contributed by atoms with Crippen molar-refractivity contribution in [3.63, 3.8) is 0 Å². The van der Waals surface area contributed by atoms with Gasteiger partial charge in [-0.3, -0.25) is 19.1 Å². The zero-order valence-electron chi connectivity index (χ0n) is 20.2. The van der Waals surface area contributed by atoms with Crippen LogP contribution in [0, 0.1) is 18.3 Å². The second-order valence-corrected chi connectivity index (χ2v) is 10.1. The van der Waals surface area contributed by atoms with E-state index in [0.717, 1.165) is 12.0 Å². The molecule has 1 saturated heterocycles. The Balaban J connectivity index is 1.63. The van der Waals surface area contributed by atoms with E-state index in [1.54, 1.807) is 24.9 Å². The van der Waals surface area contributed by atoms with E-state index in [0.29, 0.717) is 45.7 Å². The number of nitriles is 1. The van der Waals surface area contributed by atoms with Crippen molar-refractivity contribution < 1.29 is 4.79 Å². The van der Waals surface area contributed by atoms with E-state index < -0.39 is 0 Å². The Morgan fingerprint density at radius 2 is 1.64 bits per heavy atom. The molecule has 0 saturated carbocycles. The van der Waals surface area contributed by atoms with Crippen LogP contribution in [0.5, 0.6) is 0 Å². The summed E-state index contributed by atoms with van der Waals surface area (Å²) in [7, 11) is 1.63. The van der Waals surface area contributed by atoms with Gasteiger partial charge in [0.1, 0.15) is 21.8 Å². The first-order valence-electron chi connectivity index (χ1n) is 11.6. The van der Waals surface area contributed by atoms with Crippen LogP contribution in [0.4, 0.5) is 5.82 Å². The number of thiocarbonyl (C=S) groups is 1. The molecule has 1 aliphatic heterocycles. The monoisotopic (exact) mass is 514 g/mol. The fourth-order valence-corrected chi connectivity index (χ4v) is 5.41. The minimum Gasteiger partial charge on any atom is -0.371 e. The molecule has 4 rings (SSSR count). The van der Waals surface area contributed by atoms with E-state index in [1.165, 1.54) is 21.9 Å². The van der Waals surface area contributed by atoms with E-state index in [1.807, 2.05) is 66.7 Å². The molecule has 1 amide bonds. The lowest BCUT2D eigenvalue weighted by atomic mass is 10.0. The van der Waals surface area contributed by atoms with Gasteiger partial charge in [0, 0.05) is 25.7 Å². The largest absolute Gasteiger partial charge is 0.371 e. The molecule has 2 aromatic carbocycles. The van der Waals surface area contributed by atoms with Crippen LogP contribution in [0.15, 0.2) is 70.4 Å². The summed E-state index contributed by atoms with van der Waals surface area (Å²) < 4.78 is 1.95. The van der Waals surface area contributed by atoms with Crippen LogP contribution in [0.3, 0.4) is 0 Å². The molecule has 1 aromatic heterocycles. The number of amides is 1. The standard InChI is InChI=1S/C28H26N4O2S2/c1-19-22(17-24-27(34)32(28(35)36-24)16-14-21-11-7-4-8-12-21)25(31(2)26(33)23(19)18-29)30-15-13-20-9-5-3-6-10-20/h3-12,17,30H,13-16H2,1-2H3/b24-17+. The highest BCUT2D eigenvalue weighted by Gasteiger charge is 2.32. The smallest absolute Gasteiger partial charge is 0.270 e. The van der Waals surface area contributed by atoms with Crippen LogP contribution >= 0.6 is 24.0 Å². The maximum absolute atomic E-state index is 13.3. The highest BCUT2D eigenvalue weighted by Crippen LogP contribution is 2.35. The number of carbonyl (C=O) groups excluding carboxylic acids is 1. The summed E-state index contributed by atoms with van der Waals surface area (Å²) in [4.78, 5) is 28.2. The Morgan fingerprint density at radius 1 is 1.03 bits per heavy atom. The Morgan fingerprint density at radius 3 is 2.25 bits per heavy atom. The van der Waals surface area contributed by atoms with Gasteiger partial charge < -0.3 is 5.32 Å². The number of nitrogens with one attached hydrogen (secondary N) is 1. The van der Waals surface area contributed by atoms with Gasteiger partial charge in [-0.15, -0.1) is 0 Å². The van der Waals surface area contributed by atoms with E-state index in [9.17, 15) is 14.9 Å². The van der Waals surface area contributed by atoms with Crippen LogP contribution in [0.25, 0.3) is 6.08 Å². The Kier molecular flexibility index (Phi) is 8.04. The van der Waals surface area contributed by atoms with Gasteiger partial charge in [0.15, 0.2) is 0 Å². The number of hydrogen-bond donors (Lipinski definition) is 1. The Hall–Kier alpha value is -3.67. The minimum atomic E-state index is -0.371. The molecule has 3 aromatic rings. The molecule has 8 heteroatoms. The van der Waals surface area contributed by atoms with E-state index in [4.69, 9.17) is 12.2 Å². The first kappa shape index (κ1) is 25.4. The number of anilines is 1. The van der Waals surface area contributed by atoms with Crippen LogP contribution in [0.1, 0.15) is 27.8 Å². The predicted molar refractivity (Wildman–Crippen MR) is 150 cm³/mol. The maximum atomic E-state index is 13.3. The number of aromatic nitrogens is 1. The SMILES string of the molecule is Cc1c(/C=C2/SC(=S)N(CCc3ccccc3)C2=O)c(NCCc2ccccc2)n(C)c(=O)c1C#N. The number of nitrogens with zero attached hydrogens (tertiary/aromatic N) is 3. The summed E-state index contributed by atoms with van der Waals surface area (Å²) in [6.07, 6.45) is 3.21. The number of hydrogen-bond acceptors (Lipinski definition) is 6. The van der Waals surface area contributed by atoms with Gasteiger partial charge in [0.2, 0.25) is 0 Å². The third-order valence-corrected chi connectivity index (χ3v) is 7.54. The summed E-state index contributed by atoms with van der Waals surface area (Å²) in [6, 6.07) is 22.0. The molecule has 1 aliphatic rings. The first-order valence-corrected chi connectivity index (χ1v) is 12.8. The van der Waals surface area contributed by atoms with Gasteiger partial charge >= 0.3 is 0 Å². The zero-order chi connectivity index (χ0) is 25.7. The van der Waals surface area contributed by atoms with Crippen molar-refractivity contribution in [1.29, 1.82) is 5.26 Å². The minimum absolute atomic E-state index is 0.0666. The molecule has 182 valence electrons. The summed E-state index contributed by atoms with van der Waals surface area (Å²) in [5.41, 5.74) is 3.18. The Bertz CT molecular complexity index is 1420. The van der Waals surface area contributed by atoms with Crippen molar-refractivity contribution in [3.8, 4) is 6.07 Å². The number of pyridine rings is 1. The number of thioether (sulfide) groups is 1. The molecule has 0 bridgehead atoms. The third-order valence-electron chi connectivity index (χ3n) is 6.16. The molecule has 6 nitrogen and oxygen atoms in total. The number of rotatable bonds is 8. The number of benzene rings is 2. The fourth-order valence-electron chi connectivity index (χ4n) is 4.12. The van der Waals surface area contributed by atoms with E-state index in [2.05, 4.69) is 5.32 Å². The lowest BCUT2D eigenvalue weighted by Gasteiger charge is -2.18. The molecule has 0 radical (unpaired) electrons. The second kappa shape index (κ2) is 11.4. The van der Waals surface area contributed by atoms with Crippen LogP contribution in [0.2, 0.25) is 0 Å². The van der Waals surface area contributed by atoms with E-state index in [-0.39, 0.29) is 17.0 Å². The molecule has 1 N–H and O–H groups in total. The molecule has 36 heavy (non-hydrogen) atoms. The number of carbonyl (C=O) groups is 1. The molecular formula is C28H26N4O2S2. The predicted octanol–water partition coefficient (Wildman–Crippen LogP) is 4.66. The van der Waals surface area contributed by atoms with Crippen molar-refractivity contribution in [2.75, 3.05) is 18.4 Å². The van der Waals surface area contributed by atoms with Crippen LogP contribution < -0.4 is 10.9 Å². The van der Waals surface area contributed by atoms with Crippen molar-refractivity contribution in [2.45, 2.75) is 19.8 Å². The van der Waals surface area contributed by atoms with Gasteiger partial charge in [-0.1, -0.05) is 84.6 Å². The van der Waals surface area contributed by atoms with Crippen molar-refractivity contribution in [2.24, 2.45) is 7.05 Å². The molecule has 0 aliphatic carbocycles. The van der Waals surface area contributed by atoms with Crippen molar-refractivity contribution in [3.05, 3.63) is 104 Å². The molecule has 0 atom stereocenters. The third kappa shape index (κ3) is 5.43. The van der Waals surface area contributed by atoms with Gasteiger partial charge in [0.05, 0.1) is 4.91 Å². The summed E-state index contributed by atoms with van der Waals surface area (Å²) in [5, 5.41) is 13.0. The first-order chi connectivity index (χ1) is 17.4. The maximum Gasteiger partial charge on any atom is 0.270 e. The topological polar surface area (TPSA) is 78.1 Å². The molecule has 2 heterocycles. The average Bonchev–Trinajstić information content (AvgIpc) is 3.16. The van der Waals surface area contributed by atoms with Crippen molar-refractivity contribution >= 4 is 46.1 Å². The van der Waals surface area contributed by atoms with Crippen LogP contribution in [-0.2, 0) is 24.7 Å². The molecule has 0 spiro atoms. The van der Waals surface area contributed by atoms with Gasteiger partial charge in [-0.2, -0.15) is 5.26 Å². The molecular weight excluding hydrogens is 488 g/mol. The quantitative estimate of drug-likeness (QED) is 0.348. The lowest BCUT2D eigenvalue weighted by molar-refractivity contribution is -0.122. The fraction of sp³-hybridized carbons (Fsp3) is 0.214.